The fraction of sp³-hybridized carbons (Fsp3) is 0.556. The smallest absolute Gasteiger partial charge is 0.324 e. The Kier molecular flexibility index (Phi) is 4.67. The molecule has 0 aliphatic rings. The number of nitrogens with zero attached hydrogens (tertiary/aromatic N) is 1. The van der Waals surface area contributed by atoms with Crippen LogP contribution >= 0.6 is 11.3 Å². The summed E-state index contributed by atoms with van der Waals surface area (Å²) < 4.78 is 0. The van der Waals surface area contributed by atoms with Gasteiger partial charge in [-0.25, -0.2) is 0 Å². The molecule has 0 aliphatic heterocycles. The normalized spacial score (nSPS) is 12.7. The molecule has 0 aromatic carbocycles. The van der Waals surface area contributed by atoms with Gasteiger partial charge in [-0.15, -0.1) is 0 Å². The Morgan fingerprint density at radius 2 is 2.40 bits per heavy atom. The third kappa shape index (κ3) is 3.94. The Morgan fingerprint density at radius 1 is 1.67 bits per heavy atom. The van der Waals surface area contributed by atoms with E-state index in [2.05, 4.69) is 5.32 Å². The fourth-order valence-electron chi connectivity index (χ4n) is 1.13. The molecule has 0 fully saturated rings. The highest BCUT2D eigenvalue weighted by Gasteiger charge is 2.09. The summed E-state index contributed by atoms with van der Waals surface area (Å²) in [4.78, 5) is 11.0. The van der Waals surface area contributed by atoms with E-state index in [0.717, 1.165) is 4.88 Å². The molecule has 15 heavy (non-hydrogen) atoms. The van der Waals surface area contributed by atoms with Crippen LogP contribution in [-0.2, 0) is 6.54 Å². The molecule has 0 aliphatic carbocycles. The second-order valence-electron chi connectivity index (χ2n) is 3.29. The maximum atomic E-state index is 10.4. The molecule has 0 bridgehead atoms. The molecule has 0 saturated carbocycles. The molecule has 1 aromatic heterocycles. The Hall–Kier alpha value is -0.980. The summed E-state index contributed by atoms with van der Waals surface area (Å²) in [5.74, 6) is 0. The predicted octanol–water partition coefficient (Wildman–Crippen LogP) is 1.52. The SMILES string of the molecule is CC(CCO)NCc1ccc([N+](=O)[O-])s1. The zero-order chi connectivity index (χ0) is 11.3. The average molecular weight is 230 g/mol. The largest absolute Gasteiger partial charge is 0.396 e. The summed E-state index contributed by atoms with van der Waals surface area (Å²) >= 11 is 1.18. The van der Waals surface area contributed by atoms with Gasteiger partial charge in [-0.2, -0.15) is 0 Å². The Balaban J connectivity index is 2.40. The number of nitro groups is 1. The standard InChI is InChI=1S/C9H14N2O3S/c1-7(4-5-12)10-6-8-2-3-9(15-8)11(13)14/h2-3,7,10,12H,4-6H2,1H3. The van der Waals surface area contributed by atoms with Gasteiger partial charge in [-0.05, 0) is 19.4 Å². The van der Waals surface area contributed by atoms with Gasteiger partial charge in [0.1, 0.15) is 0 Å². The quantitative estimate of drug-likeness (QED) is 0.574. The van der Waals surface area contributed by atoms with Crippen molar-refractivity contribution in [2.45, 2.75) is 25.9 Å². The van der Waals surface area contributed by atoms with E-state index in [-0.39, 0.29) is 22.6 Å². The minimum absolute atomic E-state index is 0.152. The number of rotatable bonds is 6. The van der Waals surface area contributed by atoms with E-state index < -0.39 is 0 Å². The van der Waals surface area contributed by atoms with Gasteiger partial charge in [0.25, 0.3) is 0 Å². The van der Waals surface area contributed by atoms with Crippen molar-refractivity contribution in [1.82, 2.24) is 5.32 Å². The summed E-state index contributed by atoms with van der Waals surface area (Å²) in [5.41, 5.74) is 0. The third-order valence-electron chi connectivity index (χ3n) is 2.01. The van der Waals surface area contributed by atoms with Crippen LogP contribution in [0, 0.1) is 10.1 Å². The zero-order valence-corrected chi connectivity index (χ0v) is 9.29. The second-order valence-corrected chi connectivity index (χ2v) is 4.44. The van der Waals surface area contributed by atoms with Crippen molar-refractivity contribution >= 4 is 16.3 Å². The van der Waals surface area contributed by atoms with Crippen molar-refractivity contribution in [1.29, 1.82) is 0 Å². The summed E-state index contributed by atoms with van der Waals surface area (Å²) in [5, 5.41) is 22.4. The zero-order valence-electron chi connectivity index (χ0n) is 8.47. The van der Waals surface area contributed by atoms with Gasteiger partial charge in [0, 0.05) is 30.1 Å². The monoisotopic (exact) mass is 230 g/mol. The van der Waals surface area contributed by atoms with Crippen molar-refractivity contribution in [2.75, 3.05) is 6.61 Å². The predicted molar refractivity (Wildman–Crippen MR) is 59.0 cm³/mol. The van der Waals surface area contributed by atoms with E-state index in [1.54, 1.807) is 6.07 Å². The average Bonchev–Trinajstić information content (AvgIpc) is 2.63. The van der Waals surface area contributed by atoms with Crippen molar-refractivity contribution in [2.24, 2.45) is 0 Å². The van der Waals surface area contributed by atoms with Crippen LogP contribution in [0.2, 0.25) is 0 Å². The molecule has 0 spiro atoms. The first-order chi connectivity index (χ1) is 7.13. The van der Waals surface area contributed by atoms with Gasteiger partial charge in [0.15, 0.2) is 0 Å². The van der Waals surface area contributed by atoms with E-state index in [1.807, 2.05) is 6.92 Å². The summed E-state index contributed by atoms with van der Waals surface area (Å²) in [6, 6.07) is 3.48. The Bertz CT molecular complexity index is 327. The van der Waals surface area contributed by atoms with E-state index >= 15 is 0 Å². The van der Waals surface area contributed by atoms with Crippen LogP contribution in [0.1, 0.15) is 18.2 Å². The van der Waals surface area contributed by atoms with Crippen LogP contribution in [0.15, 0.2) is 12.1 Å². The number of aliphatic hydroxyl groups is 1. The third-order valence-corrected chi connectivity index (χ3v) is 3.05. The van der Waals surface area contributed by atoms with Gasteiger partial charge >= 0.3 is 5.00 Å². The first-order valence-electron chi connectivity index (χ1n) is 4.71. The Morgan fingerprint density at radius 3 is 2.93 bits per heavy atom. The lowest BCUT2D eigenvalue weighted by Gasteiger charge is -2.10. The molecule has 84 valence electrons. The molecular formula is C9H14N2O3S. The van der Waals surface area contributed by atoms with Crippen LogP contribution in [0.3, 0.4) is 0 Å². The molecule has 2 N–H and O–H groups in total. The lowest BCUT2D eigenvalue weighted by molar-refractivity contribution is -0.380. The topological polar surface area (TPSA) is 75.4 Å². The number of nitrogens with one attached hydrogen (secondary N) is 1. The molecule has 0 radical (unpaired) electrons. The molecule has 0 saturated heterocycles. The number of aliphatic hydroxyl groups excluding tert-OH is 1. The summed E-state index contributed by atoms with van der Waals surface area (Å²) in [6.07, 6.45) is 0.688. The lowest BCUT2D eigenvalue weighted by Crippen LogP contribution is -2.25. The molecular weight excluding hydrogens is 216 g/mol. The highest BCUT2D eigenvalue weighted by molar-refractivity contribution is 7.15. The molecule has 6 heteroatoms. The van der Waals surface area contributed by atoms with E-state index in [0.29, 0.717) is 13.0 Å². The first-order valence-corrected chi connectivity index (χ1v) is 5.52. The van der Waals surface area contributed by atoms with Crippen molar-refractivity contribution in [3.63, 3.8) is 0 Å². The van der Waals surface area contributed by atoms with Crippen molar-refractivity contribution in [3.05, 3.63) is 27.1 Å². The van der Waals surface area contributed by atoms with Gasteiger partial charge in [-0.1, -0.05) is 11.3 Å². The van der Waals surface area contributed by atoms with Gasteiger partial charge in [0.2, 0.25) is 0 Å². The maximum Gasteiger partial charge on any atom is 0.324 e. The van der Waals surface area contributed by atoms with Crippen molar-refractivity contribution < 1.29 is 10.0 Å². The van der Waals surface area contributed by atoms with Crippen LogP contribution < -0.4 is 5.32 Å². The van der Waals surface area contributed by atoms with Crippen LogP contribution in [0.4, 0.5) is 5.00 Å². The molecule has 1 aromatic rings. The molecule has 1 atom stereocenters. The van der Waals surface area contributed by atoms with Gasteiger partial charge in [0.05, 0.1) is 4.92 Å². The second kappa shape index (κ2) is 5.79. The molecule has 5 nitrogen and oxygen atoms in total. The van der Waals surface area contributed by atoms with Crippen LogP contribution in [0.25, 0.3) is 0 Å². The highest BCUT2D eigenvalue weighted by Crippen LogP contribution is 2.23. The summed E-state index contributed by atoms with van der Waals surface area (Å²) in [7, 11) is 0. The summed E-state index contributed by atoms with van der Waals surface area (Å²) in [6.45, 7) is 2.73. The number of hydrogen-bond acceptors (Lipinski definition) is 5. The van der Waals surface area contributed by atoms with Crippen molar-refractivity contribution in [3.8, 4) is 0 Å². The van der Waals surface area contributed by atoms with E-state index in [9.17, 15) is 10.1 Å². The van der Waals surface area contributed by atoms with E-state index in [4.69, 9.17) is 5.11 Å². The molecule has 0 amide bonds. The van der Waals surface area contributed by atoms with Crippen LogP contribution in [-0.4, -0.2) is 22.7 Å². The van der Waals surface area contributed by atoms with Gasteiger partial charge in [-0.3, -0.25) is 10.1 Å². The molecule has 1 heterocycles. The minimum Gasteiger partial charge on any atom is -0.396 e. The Labute approximate surface area is 91.9 Å². The highest BCUT2D eigenvalue weighted by atomic mass is 32.1. The van der Waals surface area contributed by atoms with E-state index in [1.165, 1.54) is 17.4 Å². The lowest BCUT2D eigenvalue weighted by atomic mass is 10.2. The minimum atomic E-state index is -0.384. The first kappa shape index (κ1) is 12.1. The number of thiophene rings is 1. The molecule has 1 unspecified atom stereocenters. The van der Waals surface area contributed by atoms with Gasteiger partial charge < -0.3 is 10.4 Å². The van der Waals surface area contributed by atoms with Crippen LogP contribution in [0.5, 0.6) is 0 Å². The maximum absolute atomic E-state index is 10.4. The molecule has 1 rings (SSSR count). The fourth-order valence-corrected chi connectivity index (χ4v) is 1.90. The number of hydrogen-bond donors (Lipinski definition) is 2.